The Bertz CT molecular complexity index is 659. The van der Waals surface area contributed by atoms with E-state index >= 15 is 0 Å². The molecular formula is C13H15N5S. The molecule has 0 saturated carbocycles. The fraction of sp³-hybridized carbons (Fsp3) is 0.308. The summed E-state index contributed by atoms with van der Waals surface area (Å²) in [4.78, 5) is 4.56. The topological polar surface area (TPSA) is 55.6 Å². The number of aromatic nitrogens is 4. The molecule has 3 rings (SSSR count). The lowest BCUT2D eigenvalue weighted by Gasteiger charge is -2.01. The molecular weight excluding hydrogens is 258 g/mol. The number of nitrogens with one attached hydrogen (secondary N) is 1. The van der Waals surface area contributed by atoms with E-state index < -0.39 is 0 Å². The molecule has 19 heavy (non-hydrogen) atoms. The first-order valence-electron chi connectivity index (χ1n) is 6.26. The summed E-state index contributed by atoms with van der Waals surface area (Å²) >= 11 is 1.70. The van der Waals surface area contributed by atoms with Gasteiger partial charge in [0, 0.05) is 19.3 Å². The van der Waals surface area contributed by atoms with Gasteiger partial charge in [-0.05, 0) is 31.0 Å². The van der Waals surface area contributed by atoms with Crippen molar-refractivity contribution in [3.05, 3.63) is 36.2 Å². The zero-order valence-corrected chi connectivity index (χ0v) is 11.5. The Morgan fingerprint density at radius 3 is 3.16 bits per heavy atom. The van der Waals surface area contributed by atoms with E-state index in [9.17, 15) is 0 Å². The number of benzene rings is 1. The molecule has 98 valence electrons. The standard InChI is InChI=1S/C13H15N5S/c1-10-3-4-11-12(9-10)19-13(16-11)14-5-2-7-18-8-6-15-17-18/h3-4,6,8-9H,2,5,7H2,1H3,(H,14,16). The number of fused-ring (bicyclic) bond motifs is 1. The third-order valence-corrected chi connectivity index (χ3v) is 3.83. The molecule has 2 aromatic heterocycles. The van der Waals surface area contributed by atoms with Gasteiger partial charge < -0.3 is 5.32 Å². The molecule has 0 aliphatic rings. The molecule has 0 spiro atoms. The van der Waals surface area contributed by atoms with E-state index in [1.165, 1.54) is 10.3 Å². The average molecular weight is 273 g/mol. The van der Waals surface area contributed by atoms with Crippen LogP contribution in [0.15, 0.2) is 30.6 Å². The van der Waals surface area contributed by atoms with Gasteiger partial charge in [0.15, 0.2) is 5.13 Å². The number of hydrogen-bond donors (Lipinski definition) is 1. The SMILES string of the molecule is Cc1ccc2nc(NCCCn3ccnn3)sc2c1. The Morgan fingerprint density at radius 1 is 1.37 bits per heavy atom. The van der Waals surface area contributed by atoms with Gasteiger partial charge in [0.05, 0.1) is 16.4 Å². The van der Waals surface area contributed by atoms with Crippen molar-refractivity contribution in [1.29, 1.82) is 0 Å². The summed E-state index contributed by atoms with van der Waals surface area (Å²) in [5.41, 5.74) is 2.34. The minimum absolute atomic E-state index is 0.872. The highest BCUT2D eigenvalue weighted by Gasteiger charge is 2.03. The monoisotopic (exact) mass is 273 g/mol. The van der Waals surface area contributed by atoms with Crippen LogP contribution in [0.3, 0.4) is 0 Å². The zero-order valence-electron chi connectivity index (χ0n) is 10.7. The van der Waals surface area contributed by atoms with Gasteiger partial charge in [-0.2, -0.15) is 0 Å². The van der Waals surface area contributed by atoms with E-state index in [2.05, 4.69) is 45.7 Å². The first kappa shape index (κ1) is 12.1. The van der Waals surface area contributed by atoms with Crippen LogP contribution < -0.4 is 5.32 Å². The predicted molar refractivity (Wildman–Crippen MR) is 77.5 cm³/mol. The van der Waals surface area contributed by atoms with Crippen molar-refractivity contribution in [2.24, 2.45) is 0 Å². The lowest BCUT2D eigenvalue weighted by Crippen LogP contribution is -2.07. The number of hydrogen-bond acceptors (Lipinski definition) is 5. The third-order valence-electron chi connectivity index (χ3n) is 2.86. The third kappa shape index (κ3) is 2.90. The molecule has 1 aromatic carbocycles. The van der Waals surface area contributed by atoms with Crippen LogP contribution in [-0.2, 0) is 6.54 Å². The normalized spacial score (nSPS) is 11.0. The van der Waals surface area contributed by atoms with Gasteiger partial charge in [0.2, 0.25) is 0 Å². The maximum atomic E-state index is 4.56. The zero-order chi connectivity index (χ0) is 13.1. The predicted octanol–water partition coefficient (Wildman–Crippen LogP) is 2.70. The van der Waals surface area contributed by atoms with E-state index in [4.69, 9.17) is 0 Å². The second kappa shape index (κ2) is 5.36. The summed E-state index contributed by atoms with van der Waals surface area (Å²) in [6.45, 7) is 3.86. The largest absolute Gasteiger partial charge is 0.361 e. The number of nitrogens with zero attached hydrogens (tertiary/aromatic N) is 4. The molecule has 1 N–H and O–H groups in total. The number of rotatable bonds is 5. The van der Waals surface area contributed by atoms with Gasteiger partial charge in [-0.3, -0.25) is 4.68 Å². The van der Waals surface area contributed by atoms with Crippen LogP contribution in [0.4, 0.5) is 5.13 Å². The van der Waals surface area contributed by atoms with Gasteiger partial charge in [-0.25, -0.2) is 4.98 Å². The lowest BCUT2D eigenvalue weighted by molar-refractivity contribution is 0.570. The molecule has 0 unspecified atom stereocenters. The van der Waals surface area contributed by atoms with Crippen molar-refractivity contribution in [2.75, 3.05) is 11.9 Å². The van der Waals surface area contributed by atoms with Gasteiger partial charge in [-0.1, -0.05) is 22.6 Å². The summed E-state index contributed by atoms with van der Waals surface area (Å²) in [7, 11) is 0. The van der Waals surface area contributed by atoms with Crippen molar-refractivity contribution in [1.82, 2.24) is 20.0 Å². The van der Waals surface area contributed by atoms with E-state index in [-0.39, 0.29) is 0 Å². The molecule has 0 aliphatic heterocycles. The Balaban J connectivity index is 1.56. The Hall–Kier alpha value is -1.95. The van der Waals surface area contributed by atoms with Crippen molar-refractivity contribution in [3.63, 3.8) is 0 Å². The van der Waals surface area contributed by atoms with Crippen molar-refractivity contribution < 1.29 is 0 Å². The molecule has 5 nitrogen and oxygen atoms in total. The smallest absolute Gasteiger partial charge is 0.183 e. The van der Waals surface area contributed by atoms with Crippen LogP contribution in [0.5, 0.6) is 0 Å². The van der Waals surface area contributed by atoms with E-state index in [1.807, 2.05) is 10.9 Å². The van der Waals surface area contributed by atoms with Gasteiger partial charge in [0.1, 0.15) is 0 Å². The van der Waals surface area contributed by atoms with Gasteiger partial charge in [-0.15, -0.1) is 5.10 Å². The lowest BCUT2D eigenvalue weighted by atomic mass is 10.2. The second-order valence-corrected chi connectivity index (χ2v) is 5.47. The Morgan fingerprint density at radius 2 is 2.32 bits per heavy atom. The second-order valence-electron chi connectivity index (χ2n) is 4.44. The molecule has 0 aliphatic carbocycles. The van der Waals surface area contributed by atoms with Crippen LogP contribution in [0.2, 0.25) is 0 Å². The number of aryl methyl sites for hydroxylation is 2. The van der Waals surface area contributed by atoms with Crippen molar-refractivity contribution >= 4 is 26.7 Å². The van der Waals surface area contributed by atoms with Crippen LogP contribution in [0.25, 0.3) is 10.2 Å². The first-order chi connectivity index (χ1) is 9.31. The van der Waals surface area contributed by atoms with Crippen LogP contribution in [-0.4, -0.2) is 26.5 Å². The van der Waals surface area contributed by atoms with Crippen molar-refractivity contribution in [2.45, 2.75) is 19.9 Å². The average Bonchev–Trinajstić information content (AvgIpc) is 3.02. The van der Waals surface area contributed by atoms with Gasteiger partial charge in [0.25, 0.3) is 0 Å². The van der Waals surface area contributed by atoms with E-state index in [0.717, 1.165) is 30.2 Å². The molecule has 0 amide bonds. The van der Waals surface area contributed by atoms with Crippen LogP contribution >= 0.6 is 11.3 Å². The fourth-order valence-corrected chi connectivity index (χ4v) is 2.89. The molecule has 3 aromatic rings. The minimum Gasteiger partial charge on any atom is -0.361 e. The van der Waals surface area contributed by atoms with Crippen LogP contribution in [0, 0.1) is 6.92 Å². The highest BCUT2D eigenvalue weighted by molar-refractivity contribution is 7.22. The maximum absolute atomic E-state index is 4.56. The number of anilines is 1. The van der Waals surface area contributed by atoms with E-state index in [0.29, 0.717) is 0 Å². The Labute approximate surface area is 115 Å². The fourth-order valence-electron chi connectivity index (χ4n) is 1.90. The van der Waals surface area contributed by atoms with Crippen molar-refractivity contribution in [3.8, 4) is 0 Å². The number of thiazole rings is 1. The summed E-state index contributed by atoms with van der Waals surface area (Å²) in [5.74, 6) is 0. The summed E-state index contributed by atoms with van der Waals surface area (Å²) in [6.07, 6.45) is 4.57. The summed E-state index contributed by atoms with van der Waals surface area (Å²) in [5, 5.41) is 12.1. The molecule has 0 fully saturated rings. The van der Waals surface area contributed by atoms with Crippen LogP contribution in [0.1, 0.15) is 12.0 Å². The molecule has 0 saturated heterocycles. The molecule has 6 heteroatoms. The van der Waals surface area contributed by atoms with Gasteiger partial charge >= 0.3 is 0 Å². The molecule has 0 atom stereocenters. The molecule has 0 bridgehead atoms. The van der Waals surface area contributed by atoms with E-state index in [1.54, 1.807) is 17.5 Å². The summed E-state index contributed by atoms with van der Waals surface area (Å²) < 4.78 is 3.07. The molecule has 0 radical (unpaired) electrons. The maximum Gasteiger partial charge on any atom is 0.183 e. The molecule has 2 heterocycles. The summed E-state index contributed by atoms with van der Waals surface area (Å²) in [6, 6.07) is 6.34. The highest BCUT2D eigenvalue weighted by Crippen LogP contribution is 2.26. The highest BCUT2D eigenvalue weighted by atomic mass is 32.1. The quantitative estimate of drug-likeness (QED) is 0.726. The minimum atomic E-state index is 0.872. The Kier molecular flexibility index (Phi) is 3.41. The first-order valence-corrected chi connectivity index (χ1v) is 7.08.